The highest BCUT2D eigenvalue weighted by molar-refractivity contribution is 5.68. The van der Waals surface area contributed by atoms with Gasteiger partial charge in [-0.3, -0.25) is 0 Å². The van der Waals surface area contributed by atoms with Gasteiger partial charge in [-0.25, -0.2) is 4.39 Å². The molecule has 0 heterocycles. The lowest BCUT2D eigenvalue weighted by molar-refractivity contribution is 0.302. The first-order chi connectivity index (χ1) is 8.00. The summed E-state index contributed by atoms with van der Waals surface area (Å²) in [5, 5.41) is 3.42. The van der Waals surface area contributed by atoms with Gasteiger partial charge in [-0.2, -0.15) is 0 Å². The topological polar surface area (TPSA) is 38.0 Å². The van der Waals surface area contributed by atoms with Crippen molar-refractivity contribution in [2.75, 3.05) is 11.1 Å². The van der Waals surface area contributed by atoms with E-state index < -0.39 is 0 Å². The molecule has 0 spiro atoms. The third-order valence-corrected chi connectivity index (χ3v) is 2.78. The fraction of sp³-hybridized carbons (Fsp3) is 0.600. The van der Waals surface area contributed by atoms with E-state index in [9.17, 15) is 4.39 Å². The summed E-state index contributed by atoms with van der Waals surface area (Å²) in [6, 6.07) is 3.15. The van der Waals surface area contributed by atoms with E-state index >= 15 is 0 Å². The number of anilines is 2. The number of hydrogen-bond acceptors (Lipinski definition) is 2. The summed E-state index contributed by atoms with van der Waals surface area (Å²) >= 11 is 0. The van der Waals surface area contributed by atoms with Crippen molar-refractivity contribution < 1.29 is 4.39 Å². The van der Waals surface area contributed by atoms with Gasteiger partial charge in [-0.05, 0) is 50.3 Å². The van der Waals surface area contributed by atoms with E-state index in [1.807, 2.05) is 0 Å². The minimum atomic E-state index is -0.258. The molecular formula is C15H25FN2. The van der Waals surface area contributed by atoms with E-state index in [2.05, 4.69) is 39.9 Å². The highest BCUT2D eigenvalue weighted by Gasteiger charge is 2.25. The minimum absolute atomic E-state index is 0.0867. The Balaban J connectivity index is 2.94. The molecule has 2 nitrogen and oxygen atoms in total. The Labute approximate surface area is 110 Å². The summed E-state index contributed by atoms with van der Waals surface area (Å²) in [6.45, 7) is 12.6. The summed E-state index contributed by atoms with van der Waals surface area (Å²) in [5.74, 6) is -0.258. The van der Waals surface area contributed by atoms with Crippen LogP contribution in [0, 0.1) is 18.2 Å². The summed E-state index contributed by atoms with van der Waals surface area (Å²) in [5.41, 5.74) is 7.87. The van der Waals surface area contributed by atoms with Crippen LogP contribution in [0.1, 0.15) is 46.6 Å². The van der Waals surface area contributed by atoms with Crippen LogP contribution in [-0.4, -0.2) is 5.54 Å². The number of nitrogens with two attached hydrogens (primary N) is 1. The number of halogens is 1. The van der Waals surface area contributed by atoms with E-state index in [1.165, 1.54) is 6.07 Å². The largest absolute Gasteiger partial charge is 0.397 e. The predicted octanol–water partition coefficient (Wildman–Crippen LogP) is 4.34. The number of rotatable bonds is 3. The Morgan fingerprint density at radius 2 is 1.72 bits per heavy atom. The molecule has 0 aromatic heterocycles. The molecule has 0 aliphatic carbocycles. The number of hydrogen-bond donors (Lipinski definition) is 2. The standard InChI is InChI=1S/C15H25FN2/c1-10-7-13(12(17)8-11(10)16)18-15(5,6)9-14(2,3)4/h7-8,18H,9,17H2,1-6H3. The van der Waals surface area contributed by atoms with Crippen LogP contribution >= 0.6 is 0 Å². The molecule has 1 aromatic carbocycles. The van der Waals surface area contributed by atoms with Crippen LogP contribution in [0.15, 0.2) is 12.1 Å². The molecule has 0 bridgehead atoms. The molecule has 0 saturated heterocycles. The molecular weight excluding hydrogens is 227 g/mol. The molecule has 3 N–H and O–H groups in total. The SMILES string of the molecule is Cc1cc(NC(C)(C)CC(C)(C)C)c(N)cc1F. The van der Waals surface area contributed by atoms with Gasteiger partial charge in [0.05, 0.1) is 11.4 Å². The van der Waals surface area contributed by atoms with Crippen LogP contribution < -0.4 is 11.1 Å². The fourth-order valence-electron chi connectivity index (χ4n) is 2.54. The van der Waals surface area contributed by atoms with E-state index in [0.29, 0.717) is 11.3 Å². The average molecular weight is 252 g/mol. The molecule has 0 fully saturated rings. The number of nitrogen functional groups attached to an aromatic ring is 1. The molecule has 0 atom stereocenters. The number of nitrogens with one attached hydrogen (secondary N) is 1. The molecule has 0 aliphatic heterocycles. The molecule has 102 valence electrons. The van der Waals surface area contributed by atoms with Crippen LogP contribution in [0.2, 0.25) is 0 Å². The highest BCUT2D eigenvalue weighted by Crippen LogP contribution is 2.32. The van der Waals surface area contributed by atoms with Crippen molar-refractivity contribution in [3.05, 3.63) is 23.5 Å². The van der Waals surface area contributed by atoms with Gasteiger partial charge in [0.1, 0.15) is 5.82 Å². The lowest BCUT2D eigenvalue weighted by Crippen LogP contribution is -2.35. The van der Waals surface area contributed by atoms with E-state index in [4.69, 9.17) is 5.73 Å². The van der Waals surface area contributed by atoms with Crippen molar-refractivity contribution in [3.63, 3.8) is 0 Å². The molecule has 1 aromatic rings. The van der Waals surface area contributed by atoms with Crippen molar-refractivity contribution in [2.24, 2.45) is 5.41 Å². The lowest BCUT2D eigenvalue weighted by Gasteiger charge is -2.34. The Kier molecular flexibility index (Phi) is 3.94. The first-order valence-corrected chi connectivity index (χ1v) is 6.34. The van der Waals surface area contributed by atoms with Crippen molar-refractivity contribution in [2.45, 2.75) is 53.5 Å². The number of aryl methyl sites for hydroxylation is 1. The predicted molar refractivity (Wildman–Crippen MR) is 77.3 cm³/mol. The van der Waals surface area contributed by atoms with Gasteiger partial charge in [0.2, 0.25) is 0 Å². The van der Waals surface area contributed by atoms with E-state index in [-0.39, 0.29) is 16.8 Å². The second kappa shape index (κ2) is 4.79. The zero-order valence-electron chi connectivity index (χ0n) is 12.3. The van der Waals surface area contributed by atoms with Crippen LogP contribution in [0.25, 0.3) is 0 Å². The second-order valence-corrected chi connectivity index (χ2v) is 6.93. The van der Waals surface area contributed by atoms with Gasteiger partial charge in [0.15, 0.2) is 0 Å². The highest BCUT2D eigenvalue weighted by atomic mass is 19.1. The lowest BCUT2D eigenvalue weighted by atomic mass is 9.81. The summed E-state index contributed by atoms with van der Waals surface area (Å²) in [4.78, 5) is 0. The zero-order chi connectivity index (χ0) is 14.1. The maximum Gasteiger partial charge on any atom is 0.128 e. The van der Waals surface area contributed by atoms with Gasteiger partial charge in [-0.1, -0.05) is 20.8 Å². The normalized spacial score (nSPS) is 12.6. The van der Waals surface area contributed by atoms with E-state index in [0.717, 1.165) is 12.1 Å². The molecule has 18 heavy (non-hydrogen) atoms. The molecule has 0 unspecified atom stereocenters. The zero-order valence-corrected chi connectivity index (χ0v) is 12.3. The molecule has 3 heteroatoms. The van der Waals surface area contributed by atoms with Gasteiger partial charge < -0.3 is 11.1 Å². The Hall–Kier alpha value is -1.25. The maximum absolute atomic E-state index is 13.4. The molecule has 0 radical (unpaired) electrons. The Morgan fingerprint density at radius 3 is 2.22 bits per heavy atom. The monoisotopic (exact) mass is 252 g/mol. The Morgan fingerprint density at radius 1 is 1.17 bits per heavy atom. The third-order valence-electron chi connectivity index (χ3n) is 2.78. The van der Waals surface area contributed by atoms with Crippen molar-refractivity contribution >= 4 is 11.4 Å². The molecule has 1 rings (SSSR count). The molecule has 0 aliphatic rings. The van der Waals surface area contributed by atoms with Crippen molar-refractivity contribution in [3.8, 4) is 0 Å². The molecule has 0 amide bonds. The number of benzene rings is 1. The third kappa shape index (κ3) is 4.21. The van der Waals surface area contributed by atoms with Crippen molar-refractivity contribution in [1.82, 2.24) is 0 Å². The first-order valence-electron chi connectivity index (χ1n) is 6.34. The van der Waals surface area contributed by atoms with Gasteiger partial charge in [-0.15, -0.1) is 0 Å². The summed E-state index contributed by atoms with van der Waals surface area (Å²) in [7, 11) is 0. The molecule has 0 saturated carbocycles. The summed E-state index contributed by atoms with van der Waals surface area (Å²) < 4.78 is 13.4. The van der Waals surface area contributed by atoms with Crippen LogP contribution in [0.3, 0.4) is 0 Å². The second-order valence-electron chi connectivity index (χ2n) is 6.93. The van der Waals surface area contributed by atoms with E-state index in [1.54, 1.807) is 13.0 Å². The van der Waals surface area contributed by atoms with Crippen LogP contribution in [0.5, 0.6) is 0 Å². The van der Waals surface area contributed by atoms with Crippen molar-refractivity contribution in [1.29, 1.82) is 0 Å². The fourth-order valence-corrected chi connectivity index (χ4v) is 2.54. The quantitative estimate of drug-likeness (QED) is 0.785. The minimum Gasteiger partial charge on any atom is -0.397 e. The Bertz CT molecular complexity index is 431. The average Bonchev–Trinajstić information content (AvgIpc) is 2.09. The van der Waals surface area contributed by atoms with Gasteiger partial charge in [0, 0.05) is 5.54 Å². The summed E-state index contributed by atoms with van der Waals surface area (Å²) in [6.07, 6.45) is 0.996. The van der Waals surface area contributed by atoms with Crippen LogP contribution in [0.4, 0.5) is 15.8 Å². The van der Waals surface area contributed by atoms with Crippen LogP contribution in [-0.2, 0) is 0 Å². The maximum atomic E-state index is 13.4. The van der Waals surface area contributed by atoms with Gasteiger partial charge >= 0.3 is 0 Å². The smallest absolute Gasteiger partial charge is 0.128 e. The van der Waals surface area contributed by atoms with Gasteiger partial charge in [0.25, 0.3) is 0 Å². The first kappa shape index (κ1) is 14.8.